The molecule has 0 N–H and O–H groups in total. The lowest BCUT2D eigenvalue weighted by molar-refractivity contribution is 0.258. The predicted molar refractivity (Wildman–Crippen MR) is 70.5 cm³/mol. The number of alkyl halides is 1. The van der Waals surface area contributed by atoms with Gasteiger partial charge in [-0.15, -0.1) is 11.6 Å². The number of aromatic nitrogens is 2. The van der Waals surface area contributed by atoms with Gasteiger partial charge in [0.15, 0.2) is 0 Å². The van der Waals surface area contributed by atoms with E-state index in [1.54, 1.807) is 6.20 Å². The summed E-state index contributed by atoms with van der Waals surface area (Å²) in [5.41, 5.74) is 0.833. The van der Waals surface area contributed by atoms with Gasteiger partial charge in [-0.3, -0.25) is 9.88 Å². The average molecular weight is 255 g/mol. The van der Waals surface area contributed by atoms with E-state index in [1.165, 1.54) is 13.0 Å². The Balaban J connectivity index is 1.91. The van der Waals surface area contributed by atoms with Crippen molar-refractivity contribution in [3.63, 3.8) is 0 Å². The Labute approximate surface area is 108 Å². The van der Waals surface area contributed by atoms with E-state index in [0.29, 0.717) is 5.88 Å². The summed E-state index contributed by atoms with van der Waals surface area (Å²) >= 11 is 5.70. The van der Waals surface area contributed by atoms with Gasteiger partial charge in [0.25, 0.3) is 0 Å². The van der Waals surface area contributed by atoms with Gasteiger partial charge in [0.2, 0.25) is 0 Å². The first-order valence-corrected chi connectivity index (χ1v) is 6.71. The fourth-order valence-corrected chi connectivity index (χ4v) is 2.24. The lowest BCUT2D eigenvalue weighted by atomic mass is 10.3. The van der Waals surface area contributed by atoms with Crippen LogP contribution in [-0.4, -0.2) is 47.6 Å². The molecule has 94 valence electrons. The van der Waals surface area contributed by atoms with Crippen molar-refractivity contribution in [3.05, 3.63) is 18.1 Å². The van der Waals surface area contributed by atoms with Crippen LogP contribution < -0.4 is 4.90 Å². The summed E-state index contributed by atoms with van der Waals surface area (Å²) in [5, 5.41) is 0. The molecule has 0 aliphatic carbocycles. The van der Waals surface area contributed by atoms with Gasteiger partial charge in [-0.05, 0) is 13.0 Å². The predicted octanol–water partition coefficient (Wildman–Crippen LogP) is 1.75. The maximum atomic E-state index is 5.70. The summed E-state index contributed by atoms with van der Waals surface area (Å²) in [6, 6.07) is 0. The quantitative estimate of drug-likeness (QED) is 0.767. The molecule has 1 aliphatic heterocycles. The molecule has 0 saturated carbocycles. The van der Waals surface area contributed by atoms with Crippen LogP contribution in [0.5, 0.6) is 0 Å². The molecule has 0 atom stereocenters. The Morgan fingerprint density at radius 3 is 2.47 bits per heavy atom. The Morgan fingerprint density at radius 2 is 1.94 bits per heavy atom. The molecular weight excluding hydrogens is 236 g/mol. The molecule has 1 aliphatic rings. The maximum Gasteiger partial charge on any atom is 0.147 e. The van der Waals surface area contributed by atoms with Gasteiger partial charge < -0.3 is 4.90 Å². The third-order valence-corrected chi connectivity index (χ3v) is 3.34. The van der Waals surface area contributed by atoms with E-state index in [0.717, 1.165) is 37.7 Å². The average Bonchev–Trinajstić information content (AvgIpc) is 2.40. The van der Waals surface area contributed by atoms with Crippen LogP contribution in [0.25, 0.3) is 0 Å². The van der Waals surface area contributed by atoms with Gasteiger partial charge in [0.1, 0.15) is 5.82 Å². The molecule has 0 unspecified atom stereocenters. The Bertz CT molecular complexity index is 333. The van der Waals surface area contributed by atoms with Crippen LogP contribution in [0.15, 0.2) is 12.4 Å². The molecule has 1 saturated heterocycles. The highest BCUT2D eigenvalue weighted by Gasteiger charge is 2.17. The summed E-state index contributed by atoms with van der Waals surface area (Å²) in [7, 11) is 0. The van der Waals surface area contributed by atoms with Gasteiger partial charge in [0.05, 0.1) is 24.0 Å². The molecule has 2 rings (SSSR count). The molecule has 5 heteroatoms. The highest BCUT2D eigenvalue weighted by molar-refractivity contribution is 6.16. The number of hydrogen-bond acceptors (Lipinski definition) is 4. The van der Waals surface area contributed by atoms with Gasteiger partial charge in [-0.25, -0.2) is 4.98 Å². The maximum absolute atomic E-state index is 5.70. The molecule has 2 heterocycles. The number of hydrogen-bond donors (Lipinski definition) is 0. The molecule has 0 bridgehead atoms. The zero-order chi connectivity index (χ0) is 12.1. The minimum absolute atomic E-state index is 0.428. The SMILES string of the molecule is CCCN1CCN(c2cnc(CCl)cn2)CC1. The van der Waals surface area contributed by atoms with Crippen LogP contribution in [0.4, 0.5) is 5.82 Å². The highest BCUT2D eigenvalue weighted by Crippen LogP contribution is 2.12. The van der Waals surface area contributed by atoms with Crippen LogP contribution in [0, 0.1) is 0 Å². The first kappa shape index (κ1) is 12.6. The molecule has 4 nitrogen and oxygen atoms in total. The van der Waals surface area contributed by atoms with E-state index < -0.39 is 0 Å². The highest BCUT2D eigenvalue weighted by atomic mass is 35.5. The Hall–Kier alpha value is -0.870. The second-order valence-corrected chi connectivity index (χ2v) is 4.60. The summed E-state index contributed by atoms with van der Waals surface area (Å²) in [5.74, 6) is 1.40. The number of anilines is 1. The number of halogens is 1. The van der Waals surface area contributed by atoms with Crippen molar-refractivity contribution in [1.29, 1.82) is 0 Å². The van der Waals surface area contributed by atoms with Gasteiger partial charge in [0, 0.05) is 26.2 Å². The Morgan fingerprint density at radius 1 is 1.18 bits per heavy atom. The van der Waals surface area contributed by atoms with Crippen molar-refractivity contribution in [3.8, 4) is 0 Å². The lowest BCUT2D eigenvalue weighted by Crippen LogP contribution is -2.46. The first-order chi connectivity index (χ1) is 8.33. The van der Waals surface area contributed by atoms with Crippen molar-refractivity contribution in [2.24, 2.45) is 0 Å². The summed E-state index contributed by atoms with van der Waals surface area (Å²) in [4.78, 5) is 13.5. The monoisotopic (exact) mass is 254 g/mol. The fourth-order valence-electron chi connectivity index (χ4n) is 2.10. The molecular formula is C12H19ClN4. The third-order valence-electron chi connectivity index (χ3n) is 3.06. The van der Waals surface area contributed by atoms with Crippen LogP contribution in [0.2, 0.25) is 0 Å². The largest absolute Gasteiger partial charge is 0.353 e. The smallest absolute Gasteiger partial charge is 0.147 e. The van der Waals surface area contributed by atoms with Crippen molar-refractivity contribution in [2.45, 2.75) is 19.2 Å². The molecule has 0 radical (unpaired) electrons. The van der Waals surface area contributed by atoms with Gasteiger partial charge in [-0.1, -0.05) is 6.92 Å². The number of rotatable bonds is 4. The normalized spacial score (nSPS) is 17.4. The molecule has 0 amide bonds. The van der Waals surface area contributed by atoms with E-state index in [1.807, 2.05) is 6.20 Å². The number of piperazine rings is 1. The van der Waals surface area contributed by atoms with Crippen LogP contribution in [0.3, 0.4) is 0 Å². The minimum atomic E-state index is 0.428. The second kappa shape index (κ2) is 6.17. The molecule has 0 spiro atoms. The van der Waals surface area contributed by atoms with E-state index in [9.17, 15) is 0 Å². The molecule has 1 aromatic heterocycles. The minimum Gasteiger partial charge on any atom is -0.353 e. The zero-order valence-electron chi connectivity index (χ0n) is 10.3. The Kier molecular flexibility index (Phi) is 4.57. The summed E-state index contributed by atoms with van der Waals surface area (Å²) in [6.07, 6.45) is 4.82. The van der Waals surface area contributed by atoms with E-state index in [4.69, 9.17) is 11.6 Å². The first-order valence-electron chi connectivity index (χ1n) is 6.17. The van der Waals surface area contributed by atoms with Gasteiger partial charge >= 0.3 is 0 Å². The lowest BCUT2D eigenvalue weighted by Gasteiger charge is -2.35. The van der Waals surface area contributed by atoms with Gasteiger partial charge in [-0.2, -0.15) is 0 Å². The van der Waals surface area contributed by atoms with Crippen LogP contribution in [0.1, 0.15) is 19.0 Å². The summed E-state index contributed by atoms with van der Waals surface area (Å²) in [6.45, 7) is 7.73. The van der Waals surface area contributed by atoms with Crippen molar-refractivity contribution in [1.82, 2.24) is 14.9 Å². The van der Waals surface area contributed by atoms with Crippen molar-refractivity contribution < 1.29 is 0 Å². The van der Waals surface area contributed by atoms with Crippen molar-refractivity contribution in [2.75, 3.05) is 37.6 Å². The van der Waals surface area contributed by atoms with Crippen LogP contribution >= 0.6 is 11.6 Å². The third kappa shape index (κ3) is 3.30. The molecule has 1 fully saturated rings. The molecule has 17 heavy (non-hydrogen) atoms. The fraction of sp³-hybridized carbons (Fsp3) is 0.667. The zero-order valence-corrected chi connectivity index (χ0v) is 11.0. The molecule has 1 aromatic rings. The molecule has 0 aromatic carbocycles. The van der Waals surface area contributed by atoms with Crippen molar-refractivity contribution >= 4 is 17.4 Å². The standard InChI is InChI=1S/C12H19ClN4/c1-2-3-16-4-6-17(7-5-16)12-10-14-11(8-13)9-15-12/h9-10H,2-8H2,1H3. The van der Waals surface area contributed by atoms with E-state index >= 15 is 0 Å². The van der Waals surface area contributed by atoms with Crippen LogP contribution in [-0.2, 0) is 5.88 Å². The summed E-state index contributed by atoms with van der Waals surface area (Å²) < 4.78 is 0. The second-order valence-electron chi connectivity index (χ2n) is 4.33. The topological polar surface area (TPSA) is 32.3 Å². The van der Waals surface area contributed by atoms with E-state index in [2.05, 4.69) is 26.7 Å². The number of nitrogens with zero attached hydrogens (tertiary/aromatic N) is 4. The van der Waals surface area contributed by atoms with E-state index in [-0.39, 0.29) is 0 Å².